The van der Waals surface area contributed by atoms with E-state index in [9.17, 15) is 0 Å². The minimum absolute atomic E-state index is 0.0538. The Bertz CT molecular complexity index is 452. The first-order chi connectivity index (χ1) is 8.70. The molecule has 0 saturated heterocycles. The van der Waals surface area contributed by atoms with Crippen molar-refractivity contribution in [3.05, 3.63) is 35.9 Å². The summed E-state index contributed by atoms with van der Waals surface area (Å²) in [7, 11) is 3.81. The molecule has 0 spiro atoms. The number of guanidine groups is 2. The molecular formula is C13H19N5. The van der Waals surface area contributed by atoms with Crippen LogP contribution in [0.5, 0.6) is 0 Å². The molecule has 5 nitrogen and oxygen atoms in total. The van der Waals surface area contributed by atoms with Crippen molar-refractivity contribution in [2.24, 2.45) is 9.98 Å². The van der Waals surface area contributed by atoms with Crippen LogP contribution < -0.4 is 10.6 Å². The van der Waals surface area contributed by atoms with Gasteiger partial charge in [-0.1, -0.05) is 30.3 Å². The van der Waals surface area contributed by atoms with Crippen LogP contribution in [-0.4, -0.2) is 37.1 Å². The molecule has 18 heavy (non-hydrogen) atoms. The number of nitrogens with zero attached hydrogens (tertiary/aromatic N) is 3. The van der Waals surface area contributed by atoms with E-state index in [-0.39, 0.29) is 6.17 Å². The van der Waals surface area contributed by atoms with Crippen LogP contribution in [0, 0.1) is 0 Å². The third kappa shape index (κ3) is 2.80. The van der Waals surface area contributed by atoms with Gasteiger partial charge in [0.25, 0.3) is 0 Å². The van der Waals surface area contributed by atoms with Crippen LogP contribution >= 0.6 is 0 Å². The molecule has 96 valence electrons. The molecule has 2 N–H and O–H groups in total. The van der Waals surface area contributed by atoms with Gasteiger partial charge in [-0.3, -0.25) is 4.90 Å². The van der Waals surface area contributed by atoms with E-state index in [1.165, 1.54) is 5.56 Å². The Morgan fingerprint density at radius 3 is 2.50 bits per heavy atom. The fraction of sp³-hybridized carbons (Fsp3) is 0.385. The zero-order valence-electron chi connectivity index (χ0n) is 11.0. The Balaban J connectivity index is 2.01. The second kappa shape index (κ2) is 5.53. The van der Waals surface area contributed by atoms with Gasteiger partial charge in [0.05, 0.1) is 0 Å². The summed E-state index contributed by atoms with van der Waals surface area (Å²) < 4.78 is 0. The van der Waals surface area contributed by atoms with Gasteiger partial charge in [-0.15, -0.1) is 0 Å². The minimum atomic E-state index is -0.0538. The molecule has 1 aliphatic rings. The molecule has 0 amide bonds. The van der Waals surface area contributed by atoms with Crippen molar-refractivity contribution in [3.63, 3.8) is 0 Å². The second-order valence-electron chi connectivity index (χ2n) is 4.19. The summed E-state index contributed by atoms with van der Waals surface area (Å²) >= 11 is 0. The molecule has 1 aromatic carbocycles. The largest absolute Gasteiger partial charge is 0.359 e. The first kappa shape index (κ1) is 12.4. The van der Waals surface area contributed by atoms with E-state index < -0.39 is 0 Å². The number of rotatable bonds is 2. The lowest BCUT2D eigenvalue weighted by Crippen LogP contribution is -2.49. The molecule has 0 aromatic heterocycles. The molecule has 1 unspecified atom stereocenters. The van der Waals surface area contributed by atoms with Gasteiger partial charge >= 0.3 is 0 Å². The Labute approximate surface area is 108 Å². The molecule has 5 heteroatoms. The summed E-state index contributed by atoms with van der Waals surface area (Å²) in [5.41, 5.74) is 1.23. The molecule has 1 heterocycles. The maximum atomic E-state index is 4.48. The van der Waals surface area contributed by atoms with E-state index in [2.05, 4.69) is 32.8 Å². The highest BCUT2D eigenvalue weighted by atomic mass is 15.4. The highest BCUT2D eigenvalue weighted by Crippen LogP contribution is 2.04. The Kier molecular flexibility index (Phi) is 3.82. The van der Waals surface area contributed by atoms with E-state index in [1.54, 1.807) is 0 Å². The molecule has 0 saturated carbocycles. The quantitative estimate of drug-likeness (QED) is 0.817. The third-order valence-corrected chi connectivity index (χ3v) is 2.77. The van der Waals surface area contributed by atoms with E-state index in [0.29, 0.717) is 0 Å². The summed E-state index contributed by atoms with van der Waals surface area (Å²) in [4.78, 5) is 10.8. The minimum Gasteiger partial charge on any atom is -0.359 e. The zero-order chi connectivity index (χ0) is 13.0. The Hall–Kier alpha value is -2.04. The molecule has 0 bridgehead atoms. The predicted molar refractivity (Wildman–Crippen MR) is 74.4 cm³/mol. The highest BCUT2D eigenvalue weighted by molar-refractivity contribution is 5.99. The summed E-state index contributed by atoms with van der Waals surface area (Å²) in [5.74, 6) is 1.67. The topological polar surface area (TPSA) is 52.0 Å². The maximum Gasteiger partial charge on any atom is 0.202 e. The van der Waals surface area contributed by atoms with Crippen molar-refractivity contribution < 1.29 is 0 Å². The van der Waals surface area contributed by atoms with Crippen molar-refractivity contribution in [2.45, 2.75) is 19.6 Å². The van der Waals surface area contributed by atoms with E-state index in [1.807, 2.05) is 44.1 Å². The fourth-order valence-corrected chi connectivity index (χ4v) is 1.83. The molecule has 0 aliphatic carbocycles. The van der Waals surface area contributed by atoms with Gasteiger partial charge in [0, 0.05) is 20.6 Å². The van der Waals surface area contributed by atoms with Gasteiger partial charge in [0.2, 0.25) is 11.9 Å². The smallest absolute Gasteiger partial charge is 0.202 e. The normalized spacial score (nSPS) is 19.1. The lowest BCUT2D eigenvalue weighted by atomic mass is 10.2. The van der Waals surface area contributed by atoms with Gasteiger partial charge in [-0.05, 0) is 12.5 Å². The Morgan fingerprint density at radius 2 is 1.83 bits per heavy atom. The summed E-state index contributed by atoms with van der Waals surface area (Å²) in [6.07, 6.45) is -0.0538. The molecule has 2 rings (SSSR count). The average molecular weight is 245 g/mol. The van der Waals surface area contributed by atoms with E-state index in [4.69, 9.17) is 0 Å². The first-order valence-corrected chi connectivity index (χ1v) is 6.05. The van der Waals surface area contributed by atoms with Crippen molar-refractivity contribution in [1.82, 2.24) is 15.5 Å². The number of hydrogen-bond acceptors (Lipinski definition) is 5. The Morgan fingerprint density at radius 1 is 1.17 bits per heavy atom. The molecule has 1 atom stereocenters. The summed E-state index contributed by atoms with van der Waals surface area (Å²) in [5, 5.41) is 6.40. The van der Waals surface area contributed by atoms with Crippen LogP contribution in [0.2, 0.25) is 0 Å². The van der Waals surface area contributed by atoms with Crippen molar-refractivity contribution >= 4 is 11.9 Å². The van der Waals surface area contributed by atoms with E-state index >= 15 is 0 Å². The molecule has 0 radical (unpaired) electrons. The predicted octanol–water partition coefficient (Wildman–Crippen LogP) is 0.999. The molecular weight excluding hydrogens is 226 g/mol. The van der Waals surface area contributed by atoms with Gasteiger partial charge in [-0.25, -0.2) is 9.98 Å². The van der Waals surface area contributed by atoms with Gasteiger partial charge < -0.3 is 10.6 Å². The lowest BCUT2D eigenvalue weighted by molar-refractivity contribution is 0.596. The standard InChI is InChI=1S/C13H19N5/c1-10-16-12(14-2)18(3)13(17-10)15-9-11-7-5-4-6-8-11/h4-8,10H,9H2,1-3H3,(H,14,16)(H,15,17). The van der Waals surface area contributed by atoms with Gasteiger partial charge in [0.1, 0.15) is 6.17 Å². The van der Waals surface area contributed by atoms with Crippen molar-refractivity contribution in [2.75, 3.05) is 14.1 Å². The van der Waals surface area contributed by atoms with Gasteiger partial charge in [0.15, 0.2) is 0 Å². The zero-order valence-corrected chi connectivity index (χ0v) is 11.0. The van der Waals surface area contributed by atoms with Crippen molar-refractivity contribution in [1.29, 1.82) is 0 Å². The second-order valence-corrected chi connectivity index (χ2v) is 4.19. The van der Waals surface area contributed by atoms with Crippen molar-refractivity contribution in [3.8, 4) is 0 Å². The maximum absolute atomic E-state index is 4.48. The SMILES string of the molecule is CNC1=NC(C)N=C(NCc2ccccc2)N1C. The van der Waals surface area contributed by atoms with E-state index in [0.717, 1.165) is 18.5 Å². The van der Waals surface area contributed by atoms with Crippen LogP contribution in [0.3, 0.4) is 0 Å². The number of nitrogens with one attached hydrogen (secondary N) is 2. The average Bonchev–Trinajstić information content (AvgIpc) is 2.40. The van der Waals surface area contributed by atoms with Crippen LogP contribution in [0.15, 0.2) is 40.3 Å². The highest BCUT2D eigenvalue weighted by Gasteiger charge is 2.18. The molecule has 1 aliphatic heterocycles. The first-order valence-electron chi connectivity index (χ1n) is 6.05. The number of benzene rings is 1. The van der Waals surface area contributed by atoms with Crippen LogP contribution in [0.4, 0.5) is 0 Å². The van der Waals surface area contributed by atoms with Crippen LogP contribution in [-0.2, 0) is 6.54 Å². The number of hydrogen-bond donors (Lipinski definition) is 2. The summed E-state index contributed by atoms with van der Waals surface area (Å²) in [6, 6.07) is 10.3. The fourth-order valence-electron chi connectivity index (χ4n) is 1.83. The molecule has 0 fully saturated rings. The summed E-state index contributed by atoms with van der Waals surface area (Å²) in [6.45, 7) is 2.72. The number of aliphatic imine (C=N–C) groups is 2. The van der Waals surface area contributed by atoms with Crippen LogP contribution in [0.25, 0.3) is 0 Å². The monoisotopic (exact) mass is 245 g/mol. The van der Waals surface area contributed by atoms with Gasteiger partial charge in [-0.2, -0.15) is 0 Å². The third-order valence-electron chi connectivity index (χ3n) is 2.77. The van der Waals surface area contributed by atoms with Crippen LogP contribution in [0.1, 0.15) is 12.5 Å². The molecule has 1 aromatic rings. The lowest BCUT2D eigenvalue weighted by Gasteiger charge is -2.28.